The molecule has 1 unspecified atom stereocenters. The van der Waals surface area contributed by atoms with Crippen LogP contribution in [0, 0.1) is 10.1 Å². The smallest absolute Gasteiger partial charge is 0.258 e. The van der Waals surface area contributed by atoms with Gasteiger partial charge in [-0.3, -0.25) is 10.1 Å². The van der Waals surface area contributed by atoms with Crippen LogP contribution in [0.2, 0.25) is 0 Å². The molecule has 0 aliphatic carbocycles. The molecule has 1 fully saturated rings. The van der Waals surface area contributed by atoms with Gasteiger partial charge in [-0.05, 0) is 13.0 Å². The average Bonchev–Trinajstić information content (AvgIpc) is 2.76. The summed E-state index contributed by atoms with van der Waals surface area (Å²) in [4.78, 5) is 10.0. The summed E-state index contributed by atoms with van der Waals surface area (Å²) in [6.45, 7) is 2.25. The molecule has 1 aliphatic rings. The summed E-state index contributed by atoms with van der Waals surface area (Å²) >= 11 is 1.55. The van der Waals surface area contributed by atoms with Crippen molar-refractivity contribution in [1.82, 2.24) is 4.31 Å². The van der Waals surface area contributed by atoms with E-state index in [0.29, 0.717) is 6.54 Å². The van der Waals surface area contributed by atoms with E-state index in [-0.39, 0.29) is 16.0 Å². The van der Waals surface area contributed by atoms with Crippen molar-refractivity contribution < 1.29 is 13.3 Å². The molecule has 18 heavy (non-hydrogen) atoms. The summed E-state index contributed by atoms with van der Waals surface area (Å²) < 4.78 is 26.0. The maximum Gasteiger partial charge on any atom is 0.270 e. The zero-order valence-electron chi connectivity index (χ0n) is 9.64. The second-order valence-electron chi connectivity index (χ2n) is 3.84. The van der Waals surface area contributed by atoms with Gasteiger partial charge in [0.1, 0.15) is 0 Å². The number of benzene rings is 1. The van der Waals surface area contributed by atoms with E-state index in [1.165, 1.54) is 22.5 Å². The van der Waals surface area contributed by atoms with Gasteiger partial charge in [0.15, 0.2) is 0 Å². The fourth-order valence-electron chi connectivity index (χ4n) is 1.79. The molecule has 1 heterocycles. The third kappa shape index (κ3) is 2.36. The molecule has 0 bridgehead atoms. The highest BCUT2D eigenvalue weighted by Crippen LogP contribution is 2.30. The van der Waals surface area contributed by atoms with Crippen LogP contribution in [0.1, 0.15) is 6.92 Å². The molecule has 98 valence electrons. The lowest BCUT2D eigenvalue weighted by atomic mass is 10.3. The first kappa shape index (κ1) is 13.3. The number of nitrogens with zero attached hydrogens (tertiary/aromatic N) is 2. The number of thioether (sulfide) groups is 1. The topological polar surface area (TPSA) is 80.5 Å². The number of nitro groups is 1. The van der Waals surface area contributed by atoms with E-state index in [2.05, 4.69) is 0 Å². The van der Waals surface area contributed by atoms with Crippen LogP contribution < -0.4 is 0 Å². The predicted octanol–water partition coefficient (Wildman–Crippen LogP) is 1.68. The van der Waals surface area contributed by atoms with Crippen LogP contribution in [0.25, 0.3) is 0 Å². The average molecular weight is 288 g/mol. The number of hydrogen-bond donors (Lipinski definition) is 0. The Hall–Kier alpha value is -1.12. The molecule has 0 aromatic heterocycles. The summed E-state index contributed by atoms with van der Waals surface area (Å²) in [6.07, 6.45) is 0. The Kier molecular flexibility index (Phi) is 3.60. The van der Waals surface area contributed by atoms with Gasteiger partial charge in [0.25, 0.3) is 5.69 Å². The van der Waals surface area contributed by atoms with Crippen LogP contribution in [0.5, 0.6) is 0 Å². The quantitative estimate of drug-likeness (QED) is 0.624. The molecule has 8 heteroatoms. The van der Waals surface area contributed by atoms with Crippen molar-refractivity contribution in [3.63, 3.8) is 0 Å². The van der Waals surface area contributed by atoms with Gasteiger partial charge < -0.3 is 0 Å². The minimum Gasteiger partial charge on any atom is -0.258 e. The van der Waals surface area contributed by atoms with Crippen molar-refractivity contribution in [1.29, 1.82) is 0 Å². The number of non-ortho nitro benzene ring substituents is 1. The second-order valence-corrected chi connectivity index (χ2v) is 7.15. The Morgan fingerprint density at radius 3 is 2.78 bits per heavy atom. The highest BCUT2D eigenvalue weighted by atomic mass is 32.2. The van der Waals surface area contributed by atoms with E-state index in [0.717, 1.165) is 11.8 Å². The Labute approximate surface area is 109 Å². The van der Waals surface area contributed by atoms with E-state index in [4.69, 9.17) is 0 Å². The second kappa shape index (κ2) is 4.87. The highest BCUT2D eigenvalue weighted by Gasteiger charge is 2.33. The molecule has 0 N–H and O–H groups in total. The summed E-state index contributed by atoms with van der Waals surface area (Å²) in [7, 11) is -3.64. The number of nitro benzene ring substituents is 1. The lowest BCUT2D eigenvalue weighted by Crippen LogP contribution is -2.33. The zero-order chi connectivity index (χ0) is 13.3. The van der Waals surface area contributed by atoms with Gasteiger partial charge in [-0.15, -0.1) is 11.8 Å². The van der Waals surface area contributed by atoms with Crippen LogP contribution in [-0.2, 0) is 10.0 Å². The van der Waals surface area contributed by atoms with E-state index in [1.807, 2.05) is 6.92 Å². The molecule has 1 aromatic rings. The molecule has 0 amide bonds. The summed E-state index contributed by atoms with van der Waals surface area (Å²) in [6, 6.07) is 5.16. The maximum atomic E-state index is 12.3. The summed E-state index contributed by atoms with van der Waals surface area (Å²) in [5.41, 5.74) is -0.212. The van der Waals surface area contributed by atoms with Gasteiger partial charge in [0.2, 0.25) is 10.0 Å². The van der Waals surface area contributed by atoms with Crippen LogP contribution in [0.4, 0.5) is 5.69 Å². The van der Waals surface area contributed by atoms with Crippen molar-refractivity contribution >= 4 is 27.5 Å². The molecule has 1 aromatic carbocycles. The fraction of sp³-hybridized carbons (Fsp3) is 0.400. The monoisotopic (exact) mass is 288 g/mol. The van der Waals surface area contributed by atoms with Crippen molar-refractivity contribution in [2.45, 2.75) is 17.2 Å². The molecular formula is C10H12N2O4S2. The van der Waals surface area contributed by atoms with Crippen LogP contribution in [-0.4, -0.2) is 35.3 Å². The lowest BCUT2D eigenvalue weighted by Gasteiger charge is -2.19. The Morgan fingerprint density at radius 1 is 1.50 bits per heavy atom. The Bertz CT molecular complexity index is 573. The third-order valence-electron chi connectivity index (χ3n) is 2.71. The van der Waals surface area contributed by atoms with Gasteiger partial charge in [0, 0.05) is 24.4 Å². The van der Waals surface area contributed by atoms with E-state index >= 15 is 0 Å². The third-order valence-corrected chi connectivity index (χ3v) is 5.97. The molecule has 0 saturated carbocycles. The first-order valence-electron chi connectivity index (χ1n) is 5.31. The number of sulfonamides is 1. The first-order chi connectivity index (χ1) is 8.43. The van der Waals surface area contributed by atoms with Gasteiger partial charge in [-0.1, -0.05) is 6.07 Å². The fourth-order valence-corrected chi connectivity index (χ4v) is 4.85. The molecule has 1 saturated heterocycles. The summed E-state index contributed by atoms with van der Waals surface area (Å²) in [5, 5.41) is 10.5. The van der Waals surface area contributed by atoms with Gasteiger partial charge >= 0.3 is 0 Å². The van der Waals surface area contributed by atoms with Gasteiger partial charge in [-0.2, -0.15) is 4.31 Å². The van der Waals surface area contributed by atoms with Gasteiger partial charge in [0.05, 0.1) is 15.2 Å². The molecule has 0 spiro atoms. The van der Waals surface area contributed by atoms with Crippen LogP contribution in [0.3, 0.4) is 0 Å². The minimum absolute atomic E-state index is 0.0222. The Balaban J connectivity index is 2.41. The molecule has 0 radical (unpaired) electrons. The predicted molar refractivity (Wildman–Crippen MR) is 68.9 cm³/mol. The Morgan fingerprint density at radius 2 is 2.22 bits per heavy atom. The first-order valence-corrected chi connectivity index (χ1v) is 7.80. The van der Waals surface area contributed by atoms with Crippen molar-refractivity contribution in [3.8, 4) is 0 Å². The van der Waals surface area contributed by atoms with Crippen LogP contribution in [0.15, 0.2) is 29.2 Å². The van der Waals surface area contributed by atoms with E-state index < -0.39 is 14.9 Å². The lowest BCUT2D eigenvalue weighted by molar-refractivity contribution is -0.385. The normalized spacial score (nSPS) is 21.1. The van der Waals surface area contributed by atoms with E-state index in [1.54, 1.807) is 11.8 Å². The van der Waals surface area contributed by atoms with Gasteiger partial charge in [-0.25, -0.2) is 8.42 Å². The molecule has 6 nitrogen and oxygen atoms in total. The highest BCUT2D eigenvalue weighted by molar-refractivity contribution is 8.01. The van der Waals surface area contributed by atoms with Crippen molar-refractivity contribution in [2.75, 3.05) is 12.3 Å². The largest absolute Gasteiger partial charge is 0.270 e. The van der Waals surface area contributed by atoms with Crippen LogP contribution >= 0.6 is 11.8 Å². The van der Waals surface area contributed by atoms with Crippen molar-refractivity contribution in [2.24, 2.45) is 0 Å². The maximum absolute atomic E-state index is 12.3. The SMILES string of the molecule is CC1SCCN1S(=O)(=O)c1cccc([N+](=O)[O-])c1. The minimum atomic E-state index is -3.64. The number of hydrogen-bond acceptors (Lipinski definition) is 5. The molecule has 2 rings (SSSR count). The molecule has 1 atom stereocenters. The van der Waals surface area contributed by atoms with Crippen molar-refractivity contribution in [3.05, 3.63) is 34.4 Å². The standard InChI is InChI=1S/C10H12N2O4S2/c1-8-11(5-6-17-8)18(15,16)10-4-2-3-9(7-10)12(13)14/h2-4,7-8H,5-6H2,1H3. The molecule has 1 aliphatic heterocycles. The summed E-state index contributed by atoms with van der Waals surface area (Å²) in [5.74, 6) is 0.745. The van der Waals surface area contributed by atoms with E-state index in [9.17, 15) is 18.5 Å². The molecular weight excluding hydrogens is 276 g/mol. The zero-order valence-corrected chi connectivity index (χ0v) is 11.3. The number of rotatable bonds is 3.